The lowest BCUT2D eigenvalue weighted by Crippen LogP contribution is -2.35. The molecule has 0 bridgehead atoms. The lowest BCUT2D eigenvalue weighted by Gasteiger charge is -2.19. The molecule has 1 aromatic rings. The molecule has 18 heavy (non-hydrogen) atoms. The number of hydrogen-bond donors (Lipinski definition) is 2. The molecule has 2 N–H and O–H groups in total. The van der Waals surface area contributed by atoms with Gasteiger partial charge in [-0.2, -0.15) is 0 Å². The maximum Gasteiger partial charge on any atom is 0.317 e. The Morgan fingerprint density at radius 2 is 2.44 bits per heavy atom. The summed E-state index contributed by atoms with van der Waals surface area (Å²) in [6.07, 6.45) is 0.963. The largest absolute Gasteiger partial charge is 0.497 e. The number of carboxylic acid groups (broad SMARTS) is 1. The van der Waals surface area contributed by atoms with E-state index >= 15 is 0 Å². The van der Waals surface area contributed by atoms with Gasteiger partial charge in [0.25, 0.3) is 0 Å². The highest BCUT2D eigenvalue weighted by Gasteiger charge is 2.22. The average Bonchev–Trinajstić information content (AvgIpc) is 2.85. The van der Waals surface area contributed by atoms with Crippen molar-refractivity contribution in [1.29, 1.82) is 0 Å². The normalized spacial score (nSPS) is 18.9. The van der Waals surface area contributed by atoms with Crippen LogP contribution in [-0.4, -0.2) is 43.9 Å². The third-order valence-electron chi connectivity index (χ3n) is 3.15. The first-order valence-electron chi connectivity index (χ1n) is 6.03. The molecule has 1 aromatic carbocycles. The monoisotopic (exact) mass is 250 g/mol. The van der Waals surface area contributed by atoms with Crippen molar-refractivity contribution in [2.75, 3.05) is 31.6 Å². The summed E-state index contributed by atoms with van der Waals surface area (Å²) in [5, 5.41) is 11.7. The van der Waals surface area contributed by atoms with E-state index in [1.165, 1.54) is 0 Å². The Morgan fingerprint density at radius 1 is 1.61 bits per heavy atom. The zero-order valence-corrected chi connectivity index (χ0v) is 10.4. The Labute approximate surface area is 106 Å². The Morgan fingerprint density at radius 3 is 3.17 bits per heavy atom. The van der Waals surface area contributed by atoms with Gasteiger partial charge < -0.3 is 20.1 Å². The molecule has 1 saturated heterocycles. The summed E-state index contributed by atoms with van der Waals surface area (Å²) >= 11 is 0. The highest BCUT2D eigenvalue weighted by atomic mass is 16.5. The number of nitrogens with zero attached hydrogens (tertiary/aromatic N) is 1. The molecule has 98 valence electrons. The zero-order valence-electron chi connectivity index (χ0n) is 10.4. The number of nitrogens with one attached hydrogen (secondary N) is 1. The molecule has 0 saturated carbocycles. The van der Waals surface area contributed by atoms with Gasteiger partial charge in [0.15, 0.2) is 0 Å². The van der Waals surface area contributed by atoms with Crippen molar-refractivity contribution in [3.8, 4) is 5.75 Å². The van der Waals surface area contributed by atoms with Gasteiger partial charge in [0.05, 0.1) is 13.7 Å². The van der Waals surface area contributed by atoms with Gasteiger partial charge >= 0.3 is 5.97 Å². The van der Waals surface area contributed by atoms with Crippen LogP contribution in [-0.2, 0) is 4.79 Å². The second-order valence-electron chi connectivity index (χ2n) is 4.41. The highest BCUT2D eigenvalue weighted by molar-refractivity contribution is 5.69. The van der Waals surface area contributed by atoms with Crippen molar-refractivity contribution in [1.82, 2.24) is 5.32 Å². The molecule has 2 rings (SSSR count). The van der Waals surface area contributed by atoms with Crippen molar-refractivity contribution in [3.63, 3.8) is 0 Å². The van der Waals surface area contributed by atoms with E-state index in [-0.39, 0.29) is 12.6 Å². The first-order chi connectivity index (χ1) is 8.69. The number of aliphatic carboxylic acids is 1. The maximum absolute atomic E-state index is 10.5. The standard InChI is InChI=1S/C13H18N2O3/c1-18-12-4-2-3-11(7-12)15-6-5-10(9-15)14-8-13(16)17/h2-4,7,10,14H,5-6,8-9H2,1H3,(H,16,17). The third kappa shape index (κ3) is 3.13. The molecule has 0 spiro atoms. The first kappa shape index (κ1) is 12.7. The second-order valence-corrected chi connectivity index (χ2v) is 4.41. The van der Waals surface area contributed by atoms with Gasteiger partial charge in [-0.3, -0.25) is 4.79 Å². The molecular weight excluding hydrogens is 232 g/mol. The predicted molar refractivity (Wildman–Crippen MR) is 69.3 cm³/mol. The van der Waals surface area contributed by atoms with Crippen LogP contribution in [0.25, 0.3) is 0 Å². The minimum Gasteiger partial charge on any atom is -0.497 e. The van der Waals surface area contributed by atoms with E-state index in [4.69, 9.17) is 9.84 Å². The zero-order chi connectivity index (χ0) is 13.0. The molecule has 1 atom stereocenters. The van der Waals surface area contributed by atoms with E-state index in [2.05, 4.69) is 10.2 Å². The molecule has 1 unspecified atom stereocenters. The van der Waals surface area contributed by atoms with E-state index < -0.39 is 5.97 Å². The number of rotatable bonds is 5. The fourth-order valence-corrected chi connectivity index (χ4v) is 2.20. The van der Waals surface area contributed by atoms with Crippen LogP contribution in [0, 0.1) is 0 Å². The SMILES string of the molecule is COc1cccc(N2CCC(NCC(=O)O)C2)c1. The Balaban J connectivity index is 1.93. The summed E-state index contributed by atoms with van der Waals surface area (Å²) in [5.41, 5.74) is 1.12. The predicted octanol–water partition coefficient (Wildman–Crippen LogP) is 0.948. The second kappa shape index (κ2) is 5.73. The van der Waals surface area contributed by atoms with Gasteiger partial charge in [0.2, 0.25) is 0 Å². The highest BCUT2D eigenvalue weighted by Crippen LogP contribution is 2.24. The molecule has 0 amide bonds. The van der Waals surface area contributed by atoms with Crippen LogP contribution >= 0.6 is 0 Å². The van der Waals surface area contributed by atoms with Crippen LogP contribution in [0.1, 0.15) is 6.42 Å². The first-order valence-corrected chi connectivity index (χ1v) is 6.03. The molecule has 0 aromatic heterocycles. The van der Waals surface area contributed by atoms with Crippen LogP contribution < -0.4 is 15.0 Å². The van der Waals surface area contributed by atoms with Gasteiger partial charge in [-0.15, -0.1) is 0 Å². The van der Waals surface area contributed by atoms with Crippen LogP contribution in [0.3, 0.4) is 0 Å². The number of carboxylic acids is 1. The van der Waals surface area contributed by atoms with E-state index in [0.29, 0.717) is 0 Å². The summed E-state index contributed by atoms with van der Waals surface area (Å²) < 4.78 is 5.20. The fraction of sp³-hybridized carbons (Fsp3) is 0.462. The summed E-state index contributed by atoms with van der Waals surface area (Å²) in [6.45, 7) is 1.79. The maximum atomic E-state index is 10.5. The molecule has 5 nitrogen and oxygen atoms in total. The lowest BCUT2D eigenvalue weighted by molar-refractivity contribution is -0.136. The summed E-state index contributed by atoms with van der Waals surface area (Å²) in [4.78, 5) is 12.7. The van der Waals surface area contributed by atoms with Gasteiger partial charge in [-0.05, 0) is 18.6 Å². The number of anilines is 1. The quantitative estimate of drug-likeness (QED) is 0.814. The molecule has 1 aliphatic heterocycles. The van der Waals surface area contributed by atoms with Crippen molar-refractivity contribution < 1.29 is 14.6 Å². The van der Waals surface area contributed by atoms with E-state index in [1.807, 2.05) is 24.3 Å². The number of benzene rings is 1. The van der Waals surface area contributed by atoms with Crippen molar-refractivity contribution in [2.24, 2.45) is 0 Å². The molecule has 0 radical (unpaired) electrons. The Kier molecular flexibility index (Phi) is 4.04. The Hall–Kier alpha value is -1.75. The Bertz CT molecular complexity index is 422. The van der Waals surface area contributed by atoms with Crippen LogP contribution in [0.4, 0.5) is 5.69 Å². The smallest absolute Gasteiger partial charge is 0.317 e. The minimum atomic E-state index is -0.810. The minimum absolute atomic E-state index is 0.0244. The number of ether oxygens (including phenoxy) is 1. The average molecular weight is 250 g/mol. The molecular formula is C13H18N2O3. The van der Waals surface area contributed by atoms with E-state index in [9.17, 15) is 4.79 Å². The summed E-state index contributed by atoms with van der Waals surface area (Å²) in [5.74, 6) is 0.0317. The van der Waals surface area contributed by atoms with Crippen molar-refractivity contribution >= 4 is 11.7 Å². The van der Waals surface area contributed by atoms with Crippen LogP contribution in [0.2, 0.25) is 0 Å². The van der Waals surface area contributed by atoms with Crippen LogP contribution in [0.15, 0.2) is 24.3 Å². The summed E-state index contributed by atoms with van der Waals surface area (Å²) in [7, 11) is 1.65. The number of carbonyl (C=O) groups is 1. The van der Waals surface area contributed by atoms with Gasteiger partial charge in [0.1, 0.15) is 5.75 Å². The number of hydrogen-bond acceptors (Lipinski definition) is 4. The van der Waals surface area contributed by atoms with E-state index in [1.54, 1.807) is 7.11 Å². The molecule has 0 aliphatic carbocycles. The lowest BCUT2D eigenvalue weighted by atomic mass is 10.2. The fourth-order valence-electron chi connectivity index (χ4n) is 2.20. The molecule has 5 heteroatoms. The molecule has 1 fully saturated rings. The topological polar surface area (TPSA) is 61.8 Å². The van der Waals surface area contributed by atoms with E-state index in [0.717, 1.165) is 30.9 Å². The van der Waals surface area contributed by atoms with Crippen LogP contribution in [0.5, 0.6) is 5.75 Å². The molecule has 1 aliphatic rings. The van der Waals surface area contributed by atoms with Gasteiger partial charge in [-0.1, -0.05) is 6.07 Å². The van der Waals surface area contributed by atoms with Crippen molar-refractivity contribution in [3.05, 3.63) is 24.3 Å². The van der Waals surface area contributed by atoms with Gasteiger partial charge in [-0.25, -0.2) is 0 Å². The third-order valence-corrected chi connectivity index (χ3v) is 3.15. The number of methoxy groups -OCH3 is 1. The van der Waals surface area contributed by atoms with Gasteiger partial charge in [0, 0.05) is 30.9 Å². The summed E-state index contributed by atoms with van der Waals surface area (Å²) in [6, 6.07) is 8.17. The molecule has 1 heterocycles. The van der Waals surface area contributed by atoms with Crippen molar-refractivity contribution in [2.45, 2.75) is 12.5 Å².